The van der Waals surface area contributed by atoms with Crippen LogP contribution in [0.2, 0.25) is 0 Å². The van der Waals surface area contributed by atoms with Gasteiger partial charge < -0.3 is 14.8 Å². The maximum atomic E-state index is 12.6. The lowest BCUT2D eigenvalue weighted by Gasteiger charge is -2.26. The predicted molar refractivity (Wildman–Crippen MR) is 105 cm³/mol. The molecule has 28 heavy (non-hydrogen) atoms. The molecule has 0 unspecified atom stereocenters. The first kappa shape index (κ1) is 20.2. The average Bonchev–Trinajstić information content (AvgIpc) is 2.72. The molecule has 2 aromatic carbocycles. The Morgan fingerprint density at radius 2 is 1.82 bits per heavy atom. The standard InChI is InChI=1S/C20H24N2O5S/c1-3-22(4-2)28(24,25)17-9-7-8-15(12-17)20(23)21-13-16-14-26-18-10-5-6-11-19(18)27-16/h5-12,16H,3-4,13-14H2,1-2H3,(H,21,23)/t16-/m1/s1. The van der Waals surface area contributed by atoms with Gasteiger partial charge in [-0.15, -0.1) is 0 Å². The highest BCUT2D eigenvalue weighted by Crippen LogP contribution is 2.30. The van der Waals surface area contributed by atoms with Gasteiger partial charge in [0.2, 0.25) is 10.0 Å². The number of carbonyl (C=O) groups is 1. The number of hydrogen-bond acceptors (Lipinski definition) is 5. The van der Waals surface area contributed by atoms with Gasteiger partial charge in [0, 0.05) is 18.7 Å². The van der Waals surface area contributed by atoms with Crippen molar-refractivity contribution in [3.05, 3.63) is 54.1 Å². The van der Waals surface area contributed by atoms with Crippen molar-refractivity contribution in [3.8, 4) is 11.5 Å². The molecule has 150 valence electrons. The molecule has 0 aliphatic carbocycles. The molecule has 1 heterocycles. The summed E-state index contributed by atoms with van der Waals surface area (Å²) < 4.78 is 38.1. The predicted octanol–water partition coefficient (Wildman–Crippen LogP) is 2.29. The van der Waals surface area contributed by atoms with Gasteiger partial charge in [-0.25, -0.2) is 8.42 Å². The zero-order chi connectivity index (χ0) is 20.1. The summed E-state index contributed by atoms with van der Waals surface area (Å²) in [6.07, 6.45) is -0.318. The highest BCUT2D eigenvalue weighted by atomic mass is 32.2. The van der Waals surface area contributed by atoms with Crippen molar-refractivity contribution in [1.29, 1.82) is 0 Å². The van der Waals surface area contributed by atoms with E-state index in [9.17, 15) is 13.2 Å². The molecule has 0 saturated heterocycles. The van der Waals surface area contributed by atoms with Crippen LogP contribution in [-0.2, 0) is 10.0 Å². The van der Waals surface area contributed by atoms with Crippen molar-refractivity contribution in [1.82, 2.24) is 9.62 Å². The Labute approximate surface area is 165 Å². The Hall–Kier alpha value is -2.58. The SMILES string of the molecule is CCN(CC)S(=O)(=O)c1cccc(C(=O)NC[C@@H]2COc3ccccc3O2)c1. The lowest BCUT2D eigenvalue weighted by molar-refractivity contribution is 0.0789. The molecule has 2 aromatic rings. The molecule has 1 aliphatic heterocycles. The van der Waals surface area contributed by atoms with Crippen LogP contribution >= 0.6 is 0 Å². The van der Waals surface area contributed by atoms with Gasteiger partial charge in [0.05, 0.1) is 11.4 Å². The van der Waals surface area contributed by atoms with Crippen LogP contribution in [0.25, 0.3) is 0 Å². The minimum Gasteiger partial charge on any atom is -0.486 e. The number of para-hydroxylation sites is 2. The van der Waals surface area contributed by atoms with Gasteiger partial charge in [0.15, 0.2) is 11.5 Å². The summed E-state index contributed by atoms with van der Waals surface area (Å²) in [5, 5.41) is 2.78. The molecule has 1 aliphatic rings. The van der Waals surface area contributed by atoms with Crippen LogP contribution in [0.15, 0.2) is 53.4 Å². The smallest absolute Gasteiger partial charge is 0.251 e. The summed E-state index contributed by atoms with van der Waals surface area (Å²) >= 11 is 0. The molecule has 0 fully saturated rings. The first-order chi connectivity index (χ1) is 13.5. The van der Waals surface area contributed by atoms with Gasteiger partial charge in [-0.1, -0.05) is 32.0 Å². The van der Waals surface area contributed by atoms with E-state index in [0.717, 1.165) is 0 Å². The molecule has 0 spiro atoms. The van der Waals surface area contributed by atoms with Crippen molar-refractivity contribution >= 4 is 15.9 Å². The Balaban J connectivity index is 1.66. The first-order valence-electron chi connectivity index (χ1n) is 9.22. The van der Waals surface area contributed by atoms with Crippen LogP contribution in [0, 0.1) is 0 Å². The average molecular weight is 404 g/mol. The van der Waals surface area contributed by atoms with E-state index in [1.165, 1.54) is 16.4 Å². The Morgan fingerprint density at radius 3 is 2.54 bits per heavy atom. The monoisotopic (exact) mass is 404 g/mol. The van der Waals surface area contributed by atoms with Crippen LogP contribution in [0.3, 0.4) is 0 Å². The number of ether oxygens (including phenoxy) is 2. The summed E-state index contributed by atoms with van der Waals surface area (Å²) in [5.41, 5.74) is 0.283. The highest BCUT2D eigenvalue weighted by molar-refractivity contribution is 7.89. The van der Waals surface area contributed by atoms with Crippen LogP contribution in [-0.4, -0.2) is 51.0 Å². The zero-order valence-corrected chi connectivity index (χ0v) is 16.7. The van der Waals surface area contributed by atoms with Crippen LogP contribution in [0.4, 0.5) is 0 Å². The number of fused-ring (bicyclic) bond motifs is 1. The normalized spacial score (nSPS) is 16.0. The van der Waals surface area contributed by atoms with E-state index in [1.54, 1.807) is 26.0 Å². The number of carbonyl (C=O) groups excluding carboxylic acids is 1. The Bertz CT molecular complexity index is 941. The molecule has 0 aromatic heterocycles. The van der Waals surface area contributed by atoms with Gasteiger partial charge in [0.25, 0.3) is 5.91 Å². The Kier molecular flexibility index (Phi) is 6.21. The van der Waals surface area contributed by atoms with Crippen molar-refractivity contribution in [2.75, 3.05) is 26.2 Å². The lowest BCUT2D eigenvalue weighted by Crippen LogP contribution is -2.40. The van der Waals surface area contributed by atoms with Crippen molar-refractivity contribution < 1.29 is 22.7 Å². The fourth-order valence-electron chi connectivity index (χ4n) is 2.98. The Morgan fingerprint density at radius 1 is 1.11 bits per heavy atom. The van der Waals surface area contributed by atoms with E-state index < -0.39 is 10.0 Å². The third-order valence-corrected chi connectivity index (χ3v) is 6.54. The molecular weight excluding hydrogens is 380 g/mol. The van der Waals surface area contributed by atoms with Gasteiger partial charge >= 0.3 is 0 Å². The van der Waals surface area contributed by atoms with Gasteiger partial charge in [0.1, 0.15) is 12.7 Å². The van der Waals surface area contributed by atoms with Gasteiger partial charge in [-0.2, -0.15) is 4.31 Å². The lowest BCUT2D eigenvalue weighted by atomic mass is 10.2. The third kappa shape index (κ3) is 4.28. The fourth-order valence-corrected chi connectivity index (χ4v) is 4.49. The topological polar surface area (TPSA) is 84.9 Å². The molecular formula is C20H24N2O5S. The molecule has 1 atom stereocenters. The number of nitrogens with one attached hydrogen (secondary N) is 1. The van der Waals surface area contributed by atoms with E-state index in [0.29, 0.717) is 31.2 Å². The summed E-state index contributed by atoms with van der Waals surface area (Å²) in [6.45, 7) is 4.88. The van der Waals surface area contributed by atoms with Gasteiger partial charge in [-0.05, 0) is 30.3 Å². The quantitative estimate of drug-likeness (QED) is 0.765. The summed E-state index contributed by atoms with van der Waals surface area (Å²) in [6, 6.07) is 13.4. The molecule has 8 heteroatoms. The van der Waals surface area contributed by atoms with Crippen molar-refractivity contribution in [2.45, 2.75) is 24.8 Å². The summed E-state index contributed by atoms with van der Waals surface area (Å²) in [4.78, 5) is 12.6. The maximum absolute atomic E-state index is 12.6. The van der Waals surface area contributed by atoms with Crippen molar-refractivity contribution in [2.24, 2.45) is 0 Å². The van der Waals surface area contributed by atoms with E-state index in [2.05, 4.69) is 5.32 Å². The molecule has 1 N–H and O–H groups in total. The number of hydrogen-bond donors (Lipinski definition) is 1. The summed E-state index contributed by atoms with van der Waals surface area (Å²) in [5.74, 6) is 0.957. The van der Waals surface area contributed by atoms with E-state index >= 15 is 0 Å². The van der Waals surface area contributed by atoms with Crippen LogP contribution in [0.5, 0.6) is 11.5 Å². The second-order valence-corrected chi connectivity index (χ2v) is 8.26. The van der Waals surface area contributed by atoms with E-state index in [4.69, 9.17) is 9.47 Å². The highest BCUT2D eigenvalue weighted by Gasteiger charge is 2.24. The molecule has 1 amide bonds. The second kappa shape index (κ2) is 8.62. The number of amides is 1. The fraction of sp³-hybridized carbons (Fsp3) is 0.350. The molecule has 7 nitrogen and oxygen atoms in total. The summed E-state index contributed by atoms with van der Waals surface area (Å²) in [7, 11) is -3.62. The number of rotatable bonds is 7. The van der Waals surface area contributed by atoms with E-state index in [-0.39, 0.29) is 29.0 Å². The zero-order valence-electron chi connectivity index (χ0n) is 15.9. The first-order valence-corrected chi connectivity index (χ1v) is 10.7. The van der Waals surface area contributed by atoms with Crippen LogP contribution in [0.1, 0.15) is 24.2 Å². The number of benzene rings is 2. The molecule has 0 bridgehead atoms. The minimum atomic E-state index is -3.62. The molecule has 0 saturated carbocycles. The third-order valence-electron chi connectivity index (χ3n) is 4.50. The van der Waals surface area contributed by atoms with E-state index in [1.807, 2.05) is 24.3 Å². The number of nitrogens with zero attached hydrogens (tertiary/aromatic N) is 1. The molecule has 0 radical (unpaired) electrons. The second-order valence-electron chi connectivity index (χ2n) is 6.32. The van der Waals surface area contributed by atoms with Crippen molar-refractivity contribution in [3.63, 3.8) is 0 Å². The largest absolute Gasteiger partial charge is 0.486 e. The maximum Gasteiger partial charge on any atom is 0.251 e. The van der Waals surface area contributed by atoms with Crippen LogP contribution < -0.4 is 14.8 Å². The minimum absolute atomic E-state index is 0.107. The molecule has 3 rings (SSSR count). The number of sulfonamides is 1. The van der Waals surface area contributed by atoms with Gasteiger partial charge in [-0.3, -0.25) is 4.79 Å².